The number of hydrogen-bond acceptors (Lipinski definition) is 3. The third-order valence-electron chi connectivity index (χ3n) is 18.0. The number of pyridine rings is 3. The summed E-state index contributed by atoms with van der Waals surface area (Å²) in [5, 5.41) is 15.7. The average molecular weight is 1130 g/mol. The van der Waals surface area contributed by atoms with Gasteiger partial charge in [0.1, 0.15) is 0 Å². The van der Waals surface area contributed by atoms with Crippen LogP contribution >= 0.6 is 0 Å². The van der Waals surface area contributed by atoms with E-state index in [4.69, 9.17) is 0 Å². The highest BCUT2D eigenvalue weighted by Gasteiger charge is 2.23. The molecule has 0 saturated heterocycles. The summed E-state index contributed by atoms with van der Waals surface area (Å²) in [7, 11) is 0. The first-order valence-electron chi connectivity index (χ1n) is 30.6. The number of benzene rings is 13. The molecule has 420 valence electrons. The molecule has 88 heavy (non-hydrogen) atoms. The van der Waals surface area contributed by atoms with Gasteiger partial charge in [-0.1, -0.05) is 260 Å². The standard InChI is InChI=1S/C43H33N.C42H32N2/c1-43(2,3)36-24-33-19-21-37-39(31-15-11-29(12-16-31)28-8-5-4-6-9-28)26-40(38-22-20-34(25-36)41(33)42(37)38)32-17-13-30(14-18-32)35-10-7-23-44-27-35;1-42(2,3)33-24-31-18-20-34-36(27-10-14-29(15-11-27)38-8-4-6-22-43-38)26-37(35-21-19-32(25-33)40(31)41(34)35)28-12-16-30(17-13-28)39-9-5-7-23-44-39/h4-27H,1-3H3;4-26H,1-3H3. The molecule has 0 bridgehead atoms. The molecular weight excluding hydrogens is 1060 g/mol. The maximum absolute atomic E-state index is 4.56. The number of aromatic nitrogens is 3. The molecule has 16 aromatic rings. The highest BCUT2D eigenvalue weighted by Crippen LogP contribution is 2.48. The molecule has 0 saturated carbocycles. The van der Waals surface area contributed by atoms with Gasteiger partial charge in [-0.2, -0.15) is 0 Å². The molecule has 3 heterocycles. The fourth-order valence-corrected chi connectivity index (χ4v) is 13.2. The first-order chi connectivity index (χ1) is 42.9. The van der Waals surface area contributed by atoms with E-state index >= 15 is 0 Å². The van der Waals surface area contributed by atoms with Gasteiger partial charge in [-0.05, 0) is 196 Å². The second-order valence-electron chi connectivity index (χ2n) is 25.6. The van der Waals surface area contributed by atoms with Crippen molar-refractivity contribution in [2.45, 2.75) is 52.4 Å². The van der Waals surface area contributed by atoms with Crippen LogP contribution in [-0.4, -0.2) is 15.0 Å². The van der Waals surface area contributed by atoms with Gasteiger partial charge in [0.15, 0.2) is 0 Å². The molecule has 3 aromatic heterocycles. The third kappa shape index (κ3) is 9.89. The quantitative estimate of drug-likeness (QED) is 0.142. The summed E-state index contributed by atoms with van der Waals surface area (Å²) in [5.74, 6) is 0. The molecular formula is C85H65N3. The van der Waals surface area contributed by atoms with Crippen LogP contribution in [0.25, 0.3) is 154 Å². The van der Waals surface area contributed by atoms with Crippen molar-refractivity contribution in [1.82, 2.24) is 15.0 Å². The van der Waals surface area contributed by atoms with Crippen molar-refractivity contribution in [2.24, 2.45) is 0 Å². The molecule has 0 unspecified atom stereocenters. The van der Waals surface area contributed by atoms with Crippen molar-refractivity contribution in [3.05, 3.63) is 297 Å². The molecule has 0 atom stereocenters. The number of hydrogen-bond donors (Lipinski definition) is 0. The predicted molar refractivity (Wildman–Crippen MR) is 375 cm³/mol. The van der Waals surface area contributed by atoms with Gasteiger partial charge < -0.3 is 0 Å². The molecule has 0 amide bonds. The summed E-state index contributed by atoms with van der Waals surface area (Å²) in [4.78, 5) is 13.4. The van der Waals surface area contributed by atoms with Crippen molar-refractivity contribution >= 4 is 64.6 Å². The Labute approximate surface area is 515 Å². The van der Waals surface area contributed by atoms with Crippen molar-refractivity contribution in [2.75, 3.05) is 0 Å². The van der Waals surface area contributed by atoms with Crippen molar-refractivity contribution in [3.8, 4) is 89.3 Å². The van der Waals surface area contributed by atoms with Crippen LogP contribution in [0.15, 0.2) is 286 Å². The third-order valence-corrected chi connectivity index (χ3v) is 18.0. The molecule has 16 rings (SSSR count). The summed E-state index contributed by atoms with van der Waals surface area (Å²) >= 11 is 0. The van der Waals surface area contributed by atoms with Gasteiger partial charge in [-0.15, -0.1) is 0 Å². The van der Waals surface area contributed by atoms with Crippen LogP contribution in [0, 0.1) is 0 Å². The Morgan fingerprint density at radius 2 is 0.557 bits per heavy atom. The first kappa shape index (κ1) is 54.1. The zero-order valence-electron chi connectivity index (χ0n) is 50.5. The van der Waals surface area contributed by atoms with E-state index in [2.05, 4.69) is 287 Å². The van der Waals surface area contributed by atoms with E-state index in [1.165, 1.54) is 137 Å². The van der Waals surface area contributed by atoms with Crippen LogP contribution in [0.2, 0.25) is 0 Å². The van der Waals surface area contributed by atoms with E-state index in [0.29, 0.717) is 0 Å². The van der Waals surface area contributed by atoms with Crippen molar-refractivity contribution in [3.63, 3.8) is 0 Å². The molecule has 0 aliphatic carbocycles. The maximum atomic E-state index is 4.56. The Morgan fingerprint density at radius 1 is 0.239 bits per heavy atom. The fourth-order valence-electron chi connectivity index (χ4n) is 13.2. The summed E-state index contributed by atoms with van der Waals surface area (Å²) in [6, 6.07) is 95.5. The van der Waals surface area contributed by atoms with E-state index in [9.17, 15) is 0 Å². The van der Waals surface area contributed by atoms with Crippen LogP contribution in [-0.2, 0) is 10.8 Å². The number of nitrogens with zero attached hydrogens (tertiary/aromatic N) is 3. The summed E-state index contributed by atoms with van der Waals surface area (Å²) in [5.41, 5.74) is 21.7. The van der Waals surface area contributed by atoms with Gasteiger partial charge in [0.05, 0.1) is 11.4 Å². The SMILES string of the molecule is CC(C)(C)c1cc2ccc3c(-c4ccc(-c5ccccc5)cc4)cc(-c4ccc(-c5cccnc5)cc4)c4ccc(c1)c2c34.CC(C)(C)c1cc2ccc3c(-c4ccc(-c5ccccn5)cc4)cc(-c4ccc(-c5ccccn5)cc4)c4ccc(c1)c2c34. The molecule has 0 aliphatic rings. The van der Waals surface area contributed by atoms with Gasteiger partial charge >= 0.3 is 0 Å². The minimum absolute atomic E-state index is 0.0749. The second-order valence-corrected chi connectivity index (χ2v) is 25.6. The zero-order chi connectivity index (χ0) is 59.7. The minimum atomic E-state index is 0.0749. The molecule has 0 aliphatic heterocycles. The molecule has 0 N–H and O–H groups in total. The average Bonchev–Trinajstić information content (AvgIpc) is 0.792. The lowest BCUT2D eigenvalue weighted by Gasteiger charge is -2.23. The van der Waals surface area contributed by atoms with Crippen molar-refractivity contribution < 1.29 is 0 Å². The Kier molecular flexibility index (Phi) is 13.3. The van der Waals surface area contributed by atoms with E-state index < -0.39 is 0 Å². The van der Waals surface area contributed by atoms with Crippen LogP contribution in [0.3, 0.4) is 0 Å². The first-order valence-corrected chi connectivity index (χ1v) is 30.6. The van der Waals surface area contributed by atoms with E-state index in [1.807, 2.05) is 55.1 Å². The van der Waals surface area contributed by atoms with Gasteiger partial charge in [0.2, 0.25) is 0 Å². The lowest BCUT2D eigenvalue weighted by molar-refractivity contribution is 0.591. The van der Waals surface area contributed by atoms with Gasteiger partial charge in [0.25, 0.3) is 0 Å². The molecule has 0 spiro atoms. The van der Waals surface area contributed by atoms with Crippen LogP contribution in [0.4, 0.5) is 0 Å². The number of rotatable bonds is 8. The molecule has 0 fully saturated rings. The molecule has 13 aromatic carbocycles. The second kappa shape index (κ2) is 21.7. The Hall–Kier alpha value is -10.6. The summed E-state index contributed by atoms with van der Waals surface area (Å²) < 4.78 is 0. The largest absolute Gasteiger partial charge is 0.264 e. The summed E-state index contributed by atoms with van der Waals surface area (Å²) in [6.45, 7) is 13.8. The minimum Gasteiger partial charge on any atom is -0.264 e. The molecule has 0 radical (unpaired) electrons. The fraction of sp³-hybridized carbons (Fsp3) is 0.0941. The van der Waals surface area contributed by atoms with Crippen molar-refractivity contribution in [1.29, 1.82) is 0 Å². The Balaban J connectivity index is 0.000000148. The lowest BCUT2D eigenvalue weighted by Crippen LogP contribution is -2.10. The monoisotopic (exact) mass is 1130 g/mol. The highest BCUT2D eigenvalue weighted by molar-refractivity contribution is 6.30. The predicted octanol–water partition coefficient (Wildman–Crippen LogP) is 23.3. The van der Waals surface area contributed by atoms with Crippen LogP contribution in [0.5, 0.6) is 0 Å². The Morgan fingerprint density at radius 3 is 0.886 bits per heavy atom. The van der Waals surface area contributed by atoms with E-state index in [0.717, 1.165) is 28.1 Å². The van der Waals surface area contributed by atoms with Gasteiger partial charge in [0, 0.05) is 35.9 Å². The summed E-state index contributed by atoms with van der Waals surface area (Å²) in [6.07, 6.45) is 7.44. The topological polar surface area (TPSA) is 38.7 Å². The maximum Gasteiger partial charge on any atom is 0.0701 e. The van der Waals surface area contributed by atoms with Crippen LogP contribution < -0.4 is 0 Å². The van der Waals surface area contributed by atoms with Crippen LogP contribution in [0.1, 0.15) is 52.7 Å². The smallest absolute Gasteiger partial charge is 0.0701 e. The Bertz CT molecular complexity index is 4550. The van der Waals surface area contributed by atoms with Gasteiger partial charge in [-0.3, -0.25) is 15.0 Å². The molecule has 3 heteroatoms. The normalized spacial score (nSPS) is 12.0. The zero-order valence-corrected chi connectivity index (χ0v) is 50.5. The lowest BCUT2D eigenvalue weighted by atomic mass is 9.81. The highest BCUT2D eigenvalue weighted by atomic mass is 14.7. The molecule has 3 nitrogen and oxygen atoms in total. The van der Waals surface area contributed by atoms with E-state index in [1.54, 1.807) is 0 Å². The van der Waals surface area contributed by atoms with Gasteiger partial charge in [-0.25, -0.2) is 0 Å². The van der Waals surface area contributed by atoms with E-state index in [-0.39, 0.29) is 10.8 Å².